The zero-order valence-electron chi connectivity index (χ0n) is 10.8. The third-order valence-electron chi connectivity index (χ3n) is 3.75. The summed E-state index contributed by atoms with van der Waals surface area (Å²) in [6, 6.07) is 0.0963. The number of halogens is 1. The summed E-state index contributed by atoms with van der Waals surface area (Å²) < 4.78 is 0. The van der Waals surface area contributed by atoms with Gasteiger partial charge >= 0.3 is 0 Å². The van der Waals surface area contributed by atoms with E-state index in [2.05, 4.69) is 16.0 Å². The molecule has 0 aromatic heterocycles. The Bertz CT molecular complexity index is 306. The lowest BCUT2D eigenvalue weighted by atomic mass is 9.81. The molecule has 3 N–H and O–H groups in total. The van der Waals surface area contributed by atoms with Crippen LogP contribution in [0.1, 0.15) is 32.6 Å². The van der Waals surface area contributed by atoms with E-state index in [9.17, 15) is 9.59 Å². The van der Waals surface area contributed by atoms with Crippen LogP contribution in [-0.2, 0) is 9.59 Å². The molecule has 0 aliphatic carbocycles. The number of rotatable bonds is 2. The molecule has 2 atom stereocenters. The van der Waals surface area contributed by atoms with Crippen molar-refractivity contribution >= 4 is 24.2 Å². The molecule has 104 valence electrons. The van der Waals surface area contributed by atoms with Crippen LogP contribution in [0.4, 0.5) is 0 Å². The van der Waals surface area contributed by atoms with Gasteiger partial charge in [-0.3, -0.25) is 9.59 Å². The van der Waals surface area contributed by atoms with E-state index in [4.69, 9.17) is 0 Å². The summed E-state index contributed by atoms with van der Waals surface area (Å²) in [5.41, 5.74) is -0.292. The lowest BCUT2D eigenvalue weighted by Gasteiger charge is -2.35. The van der Waals surface area contributed by atoms with Crippen molar-refractivity contribution in [1.29, 1.82) is 0 Å². The molecule has 0 spiro atoms. The van der Waals surface area contributed by atoms with Gasteiger partial charge in [-0.15, -0.1) is 12.4 Å². The standard InChI is InChI=1S/C12H21N3O2.ClH/c1-12(5-2-6-13-8-12)11(17)15-9-3-4-10(16)14-7-9;/h9,13H,2-8H2,1H3,(H,14,16)(H,15,17);1H. The Hall–Kier alpha value is -0.810. The van der Waals surface area contributed by atoms with E-state index in [1.165, 1.54) is 0 Å². The Kier molecular flexibility index (Phi) is 5.41. The highest BCUT2D eigenvalue weighted by molar-refractivity contribution is 5.85. The fourth-order valence-corrected chi connectivity index (χ4v) is 2.47. The molecule has 2 saturated heterocycles. The van der Waals surface area contributed by atoms with Gasteiger partial charge < -0.3 is 16.0 Å². The second kappa shape index (κ2) is 6.38. The van der Waals surface area contributed by atoms with Crippen LogP contribution in [0.5, 0.6) is 0 Å². The molecule has 0 saturated carbocycles. The van der Waals surface area contributed by atoms with E-state index in [1.807, 2.05) is 6.92 Å². The van der Waals surface area contributed by atoms with Gasteiger partial charge in [-0.05, 0) is 32.7 Å². The van der Waals surface area contributed by atoms with Gasteiger partial charge in [-0.2, -0.15) is 0 Å². The molecule has 0 aromatic carbocycles. The number of hydrogen-bond donors (Lipinski definition) is 3. The first-order chi connectivity index (χ1) is 8.10. The van der Waals surface area contributed by atoms with Crippen molar-refractivity contribution in [2.75, 3.05) is 19.6 Å². The number of hydrogen-bond acceptors (Lipinski definition) is 3. The highest BCUT2D eigenvalue weighted by atomic mass is 35.5. The van der Waals surface area contributed by atoms with Crippen molar-refractivity contribution in [1.82, 2.24) is 16.0 Å². The number of carbonyl (C=O) groups is 2. The van der Waals surface area contributed by atoms with E-state index in [0.717, 1.165) is 32.4 Å². The van der Waals surface area contributed by atoms with Crippen molar-refractivity contribution < 1.29 is 9.59 Å². The monoisotopic (exact) mass is 275 g/mol. The number of carbonyl (C=O) groups excluding carboxylic acids is 2. The molecule has 2 aliphatic rings. The summed E-state index contributed by atoms with van der Waals surface area (Å²) in [4.78, 5) is 23.2. The predicted molar refractivity (Wildman–Crippen MR) is 71.6 cm³/mol. The van der Waals surface area contributed by atoms with Crippen LogP contribution in [0.2, 0.25) is 0 Å². The minimum atomic E-state index is -0.292. The van der Waals surface area contributed by atoms with Gasteiger partial charge in [0.05, 0.1) is 5.41 Å². The average Bonchev–Trinajstić information content (AvgIpc) is 2.33. The van der Waals surface area contributed by atoms with Crippen LogP contribution < -0.4 is 16.0 Å². The smallest absolute Gasteiger partial charge is 0.227 e. The second-order valence-corrected chi connectivity index (χ2v) is 5.35. The second-order valence-electron chi connectivity index (χ2n) is 5.35. The Morgan fingerprint density at radius 1 is 1.50 bits per heavy atom. The first-order valence-corrected chi connectivity index (χ1v) is 6.38. The summed E-state index contributed by atoms with van der Waals surface area (Å²) in [5.74, 6) is 0.201. The van der Waals surface area contributed by atoms with E-state index in [0.29, 0.717) is 13.0 Å². The summed E-state index contributed by atoms with van der Waals surface area (Å²) in [6.07, 6.45) is 3.25. The summed E-state index contributed by atoms with van der Waals surface area (Å²) >= 11 is 0. The molecule has 0 aromatic rings. The summed E-state index contributed by atoms with van der Waals surface area (Å²) in [6.45, 7) is 4.32. The van der Waals surface area contributed by atoms with E-state index >= 15 is 0 Å². The third-order valence-corrected chi connectivity index (χ3v) is 3.75. The van der Waals surface area contributed by atoms with E-state index in [1.54, 1.807) is 0 Å². The quantitative estimate of drug-likeness (QED) is 0.674. The van der Waals surface area contributed by atoms with Crippen LogP contribution in [-0.4, -0.2) is 37.5 Å². The van der Waals surface area contributed by atoms with Crippen molar-refractivity contribution in [3.05, 3.63) is 0 Å². The molecule has 18 heavy (non-hydrogen) atoms. The number of piperidine rings is 2. The number of amides is 2. The maximum absolute atomic E-state index is 12.2. The van der Waals surface area contributed by atoms with Gasteiger partial charge in [-0.1, -0.05) is 0 Å². The van der Waals surface area contributed by atoms with E-state index < -0.39 is 0 Å². The van der Waals surface area contributed by atoms with Crippen LogP contribution >= 0.6 is 12.4 Å². The van der Waals surface area contributed by atoms with Crippen LogP contribution in [0.3, 0.4) is 0 Å². The molecule has 0 bridgehead atoms. The van der Waals surface area contributed by atoms with Crippen molar-refractivity contribution in [3.8, 4) is 0 Å². The SMILES string of the molecule is CC1(C(=O)NC2CCC(=O)NC2)CCCNC1.Cl. The zero-order chi connectivity index (χ0) is 12.3. The topological polar surface area (TPSA) is 70.2 Å². The lowest BCUT2D eigenvalue weighted by Crippen LogP contribution is -2.54. The highest BCUT2D eigenvalue weighted by Crippen LogP contribution is 2.25. The zero-order valence-corrected chi connectivity index (χ0v) is 11.6. The lowest BCUT2D eigenvalue weighted by molar-refractivity contribution is -0.133. The molecule has 6 heteroatoms. The molecule has 0 radical (unpaired) electrons. The first kappa shape index (κ1) is 15.2. The van der Waals surface area contributed by atoms with Gasteiger partial charge in [0.2, 0.25) is 11.8 Å². The molecule has 5 nitrogen and oxygen atoms in total. The minimum Gasteiger partial charge on any atom is -0.354 e. The van der Waals surface area contributed by atoms with Gasteiger partial charge in [-0.25, -0.2) is 0 Å². The molecule has 2 rings (SSSR count). The van der Waals surface area contributed by atoms with Crippen LogP contribution in [0.15, 0.2) is 0 Å². The normalized spacial score (nSPS) is 32.1. The van der Waals surface area contributed by atoms with Gasteiger partial charge in [0.25, 0.3) is 0 Å². The van der Waals surface area contributed by atoms with Gasteiger partial charge in [0, 0.05) is 25.6 Å². The fraction of sp³-hybridized carbons (Fsp3) is 0.833. The largest absolute Gasteiger partial charge is 0.354 e. The summed E-state index contributed by atoms with van der Waals surface area (Å²) in [5, 5.41) is 9.11. The molecular formula is C12H22ClN3O2. The van der Waals surface area contributed by atoms with Crippen molar-refractivity contribution in [3.63, 3.8) is 0 Å². The van der Waals surface area contributed by atoms with E-state index in [-0.39, 0.29) is 35.7 Å². The van der Waals surface area contributed by atoms with Gasteiger partial charge in [0.1, 0.15) is 0 Å². The Balaban J connectivity index is 0.00000162. The Labute approximate surface area is 114 Å². The van der Waals surface area contributed by atoms with Crippen LogP contribution in [0.25, 0.3) is 0 Å². The molecule has 2 fully saturated rings. The minimum absolute atomic E-state index is 0. The molecule has 2 heterocycles. The average molecular weight is 276 g/mol. The highest BCUT2D eigenvalue weighted by Gasteiger charge is 2.35. The predicted octanol–water partition coefficient (Wildman–Crippen LogP) is 0.193. The van der Waals surface area contributed by atoms with Gasteiger partial charge in [0.15, 0.2) is 0 Å². The van der Waals surface area contributed by atoms with Crippen molar-refractivity contribution in [2.45, 2.75) is 38.6 Å². The number of nitrogens with one attached hydrogen (secondary N) is 3. The fourth-order valence-electron chi connectivity index (χ4n) is 2.47. The Morgan fingerprint density at radius 2 is 2.28 bits per heavy atom. The maximum atomic E-state index is 12.2. The molecular weight excluding hydrogens is 254 g/mol. The molecule has 2 aliphatic heterocycles. The summed E-state index contributed by atoms with van der Waals surface area (Å²) in [7, 11) is 0. The maximum Gasteiger partial charge on any atom is 0.227 e. The Morgan fingerprint density at radius 3 is 2.83 bits per heavy atom. The third kappa shape index (κ3) is 3.59. The molecule has 2 amide bonds. The molecule has 2 unspecified atom stereocenters. The first-order valence-electron chi connectivity index (χ1n) is 6.38. The van der Waals surface area contributed by atoms with Crippen molar-refractivity contribution in [2.24, 2.45) is 5.41 Å². The van der Waals surface area contributed by atoms with Crippen LogP contribution in [0, 0.1) is 5.41 Å².